The van der Waals surface area contributed by atoms with E-state index in [2.05, 4.69) is 15.6 Å². The van der Waals surface area contributed by atoms with Crippen LogP contribution in [0.15, 0.2) is 23.2 Å². The first-order chi connectivity index (χ1) is 11.7. The fourth-order valence-corrected chi connectivity index (χ4v) is 2.00. The molecule has 0 bridgehead atoms. The molecule has 0 heterocycles. The highest BCUT2D eigenvalue weighted by molar-refractivity contribution is 14.0. The number of benzene rings is 1. The first kappa shape index (κ1) is 24.0. The molecule has 8 heteroatoms. The molecular weight excluding hydrogens is 443 g/mol. The molecule has 0 atom stereocenters. The molecule has 0 aliphatic heterocycles. The van der Waals surface area contributed by atoms with Gasteiger partial charge < -0.3 is 20.1 Å². The predicted molar refractivity (Wildman–Crippen MR) is 107 cm³/mol. The van der Waals surface area contributed by atoms with Crippen LogP contribution in [0.3, 0.4) is 0 Å². The number of rotatable bonds is 11. The summed E-state index contributed by atoms with van der Waals surface area (Å²) in [6, 6.07) is 4.21. The summed E-state index contributed by atoms with van der Waals surface area (Å²) in [5.41, 5.74) is 0.352. The molecule has 0 saturated heterocycles. The number of nitrogens with one attached hydrogen (secondary N) is 2. The summed E-state index contributed by atoms with van der Waals surface area (Å²) in [5, 5.41) is 6.23. The van der Waals surface area contributed by atoms with E-state index in [4.69, 9.17) is 9.47 Å². The smallest absolute Gasteiger partial charge is 0.191 e. The molecule has 0 fully saturated rings. The van der Waals surface area contributed by atoms with Crippen molar-refractivity contribution in [2.24, 2.45) is 4.99 Å². The molecule has 0 aliphatic rings. The largest absolute Gasteiger partial charge is 0.382 e. The second-order valence-electron chi connectivity index (χ2n) is 5.11. The average molecular weight is 471 g/mol. The molecule has 0 aliphatic carbocycles. The molecule has 1 aromatic rings. The Labute approximate surface area is 165 Å². The summed E-state index contributed by atoms with van der Waals surface area (Å²) in [6.45, 7) is 5.58. The number of halogens is 3. The summed E-state index contributed by atoms with van der Waals surface area (Å²) in [6.07, 6.45) is 1.19. The Hall–Kier alpha value is -1.00. The van der Waals surface area contributed by atoms with Crippen LogP contribution in [-0.4, -0.2) is 52.5 Å². The van der Waals surface area contributed by atoms with Crippen molar-refractivity contribution in [2.75, 3.05) is 46.6 Å². The molecule has 144 valence electrons. The average Bonchev–Trinajstić information content (AvgIpc) is 2.57. The van der Waals surface area contributed by atoms with Crippen LogP contribution in [-0.2, 0) is 15.9 Å². The summed E-state index contributed by atoms with van der Waals surface area (Å²) < 4.78 is 37.0. The molecule has 2 N–H and O–H groups in total. The number of methoxy groups -OCH3 is 1. The predicted octanol–water partition coefficient (Wildman–Crippen LogP) is 2.73. The number of nitrogens with zero attached hydrogens (tertiary/aromatic N) is 1. The van der Waals surface area contributed by atoms with Gasteiger partial charge in [-0.3, -0.25) is 4.99 Å². The molecule has 0 radical (unpaired) electrons. The van der Waals surface area contributed by atoms with Gasteiger partial charge in [0.25, 0.3) is 0 Å². The highest BCUT2D eigenvalue weighted by Gasteiger charge is 2.07. The van der Waals surface area contributed by atoms with Gasteiger partial charge in [0.2, 0.25) is 0 Å². The fourth-order valence-electron chi connectivity index (χ4n) is 2.00. The molecule has 0 spiro atoms. The SMILES string of the molecule is CCNC(=NCCCOCCOC)NCCc1cccc(F)c1F.I. The number of guanidine groups is 1. The van der Waals surface area contributed by atoms with Gasteiger partial charge in [-0.25, -0.2) is 8.78 Å². The zero-order valence-electron chi connectivity index (χ0n) is 14.8. The Morgan fingerprint density at radius 1 is 1.16 bits per heavy atom. The minimum atomic E-state index is -0.818. The Morgan fingerprint density at radius 2 is 1.96 bits per heavy atom. The van der Waals surface area contributed by atoms with Crippen molar-refractivity contribution in [3.8, 4) is 0 Å². The molecule has 1 rings (SSSR count). The number of hydrogen-bond acceptors (Lipinski definition) is 3. The first-order valence-electron chi connectivity index (χ1n) is 8.20. The van der Waals surface area contributed by atoms with Gasteiger partial charge in [0.05, 0.1) is 13.2 Å². The minimum absolute atomic E-state index is 0. The normalized spacial score (nSPS) is 11.1. The second-order valence-corrected chi connectivity index (χ2v) is 5.11. The van der Waals surface area contributed by atoms with Crippen LogP contribution < -0.4 is 10.6 Å². The summed E-state index contributed by atoms with van der Waals surface area (Å²) in [4.78, 5) is 4.42. The molecule has 1 aromatic carbocycles. The van der Waals surface area contributed by atoms with E-state index < -0.39 is 11.6 Å². The Bertz CT molecular complexity index is 505. The summed E-state index contributed by atoms with van der Waals surface area (Å²) >= 11 is 0. The van der Waals surface area contributed by atoms with E-state index in [-0.39, 0.29) is 24.0 Å². The molecule has 0 unspecified atom stereocenters. The lowest BCUT2D eigenvalue weighted by molar-refractivity contribution is 0.0702. The number of ether oxygens (including phenoxy) is 2. The maximum Gasteiger partial charge on any atom is 0.191 e. The zero-order valence-corrected chi connectivity index (χ0v) is 17.1. The van der Waals surface area contributed by atoms with E-state index in [9.17, 15) is 8.78 Å². The fraction of sp³-hybridized carbons (Fsp3) is 0.588. The van der Waals surface area contributed by atoms with Crippen molar-refractivity contribution in [2.45, 2.75) is 19.8 Å². The molecule has 5 nitrogen and oxygen atoms in total. The summed E-state index contributed by atoms with van der Waals surface area (Å²) in [5.74, 6) is -0.942. The van der Waals surface area contributed by atoms with E-state index in [0.717, 1.165) is 19.0 Å². The first-order valence-corrected chi connectivity index (χ1v) is 8.20. The quantitative estimate of drug-likeness (QED) is 0.226. The van der Waals surface area contributed by atoms with Crippen LogP contribution >= 0.6 is 24.0 Å². The van der Waals surface area contributed by atoms with Crippen molar-refractivity contribution in [1.82, 2.24) is 10.6 Å². The van der Waals surface area contributed by atoms with Crippen LogP contribution in [0.1, 0.15) is 18.9 Å². The monoisotopic (exact) mass is 471 g/mol. The van der Waals surface area contributed by atoms with Crippen LogP contribution in [0.2, 0.25) is 0 Å². The zero-order chi connectivity index (χ0) is 17.6. The lowest BCUT2D eigenvalue weighted by Gasteiger charge is -2.11. The maximum atomic E-state index is 13.6. The van der Waals surface area contributed by atoms with E-state index >= 15 is 0 Å². The Kier molecular flexibility index (Phi) is 14.7. The van der Waals surface area contributed by atoms with E-state index in [1.807, 2.05) is 6.92 Å². The molecule has 0 amide bonds. The van der Waals surface area contributed by atoms with Gasteiger partial charge in [0, 0.05) is 33.4 Å². The van der Waals surface area contributed by atoms with Gasteiger partial charge in [-0.15, -0.1) is 24.0 Å². The minimum Gasteiger partial charge on any atom is -0.382 e. The highest BCUT2D eigenvalue weighted by atomic mass is 127. The third-order valence-corrected chi connectivity index (χ3v) is 3.21. The Morgan fingerprint density at radius 3 is 2.68 bits per heavy atom. The lowest BCUT2D eigenvalue weighted by Crippen LogP contribution is -2.38. The second kappa shape index (κ2) is 15.3. The topological polar surface area (TPSA) is 54.9 Å². The van der Waals surface area contributed by atoms with Gasteiger partial charge in [0.15, 0.2) is 17.6 Å². The van der Waals surface area contributed by atoms with Gasteiger partial charge in [-0.05, 0) is 31.4 Å². The van der Waals surface area contributed by atoms with Gasteiger partial charge >= 0.3 is 0 Å². The Balaban J connectivity index is 0.00000576. The van der Waals surface area contributed by atoms with E-state index in [1.165, 1.54) is 6.07 Å². The standard InChI is InChI=1S/C17H27F2N3O2.HI/c1-3-20-17(21-9-5-11-24-13-12-23-2)22-10-8-14-6-4-7-15(18)16(14)19;/h4,6-7H,3,5,8-13H2,1-2H3,(H2,20,21,22);1H. The number of hydrogen-bond donors (Lipinski definition) is 2. The van der Waals surface area contributed by atoms with E-state index in [0.29, 0.717) is 50.9 Å². The van der Waals surface area contributed by atoms with Crippen LogP contribution in [0.25, 0.3) is 0 Å². The van der Waals surface area contributed by atoms with Crippen molar-refractivity contribution in [3.05, 3.63) is 35.4 Å². The van der Waals surface area contributed by atoms with Crippen LogP contribution in [0, 0.1) is 11.6 Å². The number of aliphatic imine (C=N–C) groups is 1. The van der Waals surface area contributed by atoms with Gasteiger partial charge in [0.1, 0.15) is 0 Å². The van der Waals surface area contributed by atoms with Crippen molar-refractivity contribution in [1.29, 1.82) is 0 Å². The van der Waals surface area contributed by atoms with Crippen LogP contribution in [0.5, 0.6) is 0 Å². The van der Waals surface area contributed by atoms with Crippen molar-refractivity contribution < 1.29 is 18.3 Å². The van der Waals surface area contributed by atoms with Crippen molar-refractivity contribution in [3.63, 3.8) is 0 Å². The van der Waals surface area contributed by atoms with Crippen molar-refractivity contribution >= 4 is 29.9 Å². The van der Waals surface area contributed by atoms with E-state index in [1.54, 1.807) is 13.2 Å². The third-order valence-electron chi connectivity index (χ3n) is 3.21. The highest BCUT2D eigenvalue weighted by Crippen LogP contribution is 2.11. The lowest BCUT2D eigenvalue weighted by atomic mass is 10.1. The van der Waals surface area contributed by atoms with Crippen LogP contribution in [0.4, 0.5) is 8.78 Å². The summed E-state index contributed by atoms with van der Waals surface area (Å²) in [7, 11) is 1.64. The maximum absolute atomic E-state index is 13.6. The molecule has 25 heavy (non-hydrogen) atoms. The van der Waals surface area contributed by atoms with Gasteiger partial charge in [-0.1, -0.05) is 12.1 Å². The molecular formula is C17H28F2IN3O2. The molecule has 0 aromatic heterocycles. The molecule has 0 saturated carbocycles. The third kappa shape index (κ3) is 10.6. The van der Waals surface area contributed by atoms with Gasteiger partial charge in [-0.2, -0.15) is 0 Å².